The monoisotopic (exact) mass is 467 g/mol. The molecule has 1 aromatic carbocycles. The zero-order valence-corrected chi connectivity index (χ0v) is 19.4. The molecule has 0 spiro atoms. The van der Waals surface area contributed by atoms with Crippen molar-refractivity contribution >= 4 is 39.5 Å². The summed E-state index contributed by atoms with van der Waals surface area (Å²) in [5, 5.41) is 5.45. The van der Waals surface area contributed by atoms with Crippen LogP contribution in [0.15, 0.2) is 28.7 Å². The van der Waals surface area contributed by atoms with Crippen LogP contribution in [0.25, 0.3) is 0 Å². The lowest BCUT2D eigenvalue weighted by atomic mass is 10.0. The summed E-state index contributed by atoms with van der Waals surface area (Å²) in [5.41, 5.74) is -0.0202. The molecule has 0 aromatic heterocycles. The Morgan fingerprint density at radius 3 is 2.31 bits per heavy atom. The highest BCUT2D eigenvalue weighted by Gasteiger charge is 2.46. The summed E-state index contributed by atoms with van der Waals surface area (Å²) in [4.78, 5) is 39.7. The van der Waals surface area contributed by atoms with E-state index in [0.29, 0.717) is 12.1 Å². The molecular formula is C21H30BrN3O4. The number of nitrogens with zero attached hydrogens (tertiary/aromatic N) is 1. The number of amides is 3. The van der Waals surface area contributed by atoms with Crippen LogP contribution in [0, 0.1) is 5.92 Å². The highest BCUT2D eigenvalue weighted by molar-refractivity contribution is 9.10. The van der Waals surface area contributed by atoms with Gasteiger partial charge in [-0.05, 0) is 64.3 Å². The van der Waals surface area contributed by atoms with Gasteiger partial charge < -0.3 is 20.3 Å². The van der Waals surface area contributed by atoms with Crippen molar-refractivity contribution in [1.82, 2.24) is 10.2 Å². The van der Waals surface area contributed by atoms with Crippen molar-refractivity contribution in [2.45, 2.75) is 71.7 Å². The van der Waals surface area contributed by atoms with Gasteiger partial charge >= 0.3 is 12.0 Å². The standard InChI is InChI=1S/C21H30BrN3O4/c1-12(2)17(19(27)29-21(4,5)6)25-13(3)11-16(18(25)26)24-20(28)23-15-9-7-14(22)8-10-15/h7-10,12-13,16-17H,11H2,1-6H3,(H2,23,24,28)/t13?,16-,17-/m0/s1. The van der Waals surface area contributed by atoms with Gasteiger partial charge in [0.25, 0.3) is 0 Å². The van der Waals surface area contributed by atoms with Crippen molar-refractivity contribution in [3.63, 3.8) is 0 Å². The molecule has 3 amide bonds. The first kappa shape index (κ1) is 23.2. The van der Waals surface area contributed by atoms with Crippen LogP contribution in [0.1, 0.15) is 48.0 Å². The normalized spacial score (nSPS) is 20.6. The number of likely N-dealkylation sites (tertiary alicyclic amines) is 1. The minimum Gasteiger partial charge on any atom is -0.458 e. The molecule has 1 unspecified atom stereocenters. The third-order valence-electron chi connectivity index (χ3n) is 4.59. The number of carbonyl (C=O) groups excluding carboxylic acids is 3. The Morgan fingerprint density at radius 1 is 1.21 bits per heavy atom. The van der Waals surface area contributed by atoms with E-state index in [-0.39, 0.29) is 17.9 Å². The number of ether oxygens (including phenoxy) is 1. The van der Waals surface area contributed by atoms with Crippen LogP contribution in [0.5, 0.6) is 0 Å². The molecule has 1 aromatic rings. The molecule has 0 radical (unpaired) electrons. The zero-order chi connectivity index (χ0) is 21.9. The second-order valence-electron chi connectivity index (χ2n) is 8.71. The Balaban J connectivity index is 2.08. The van der Waals surface area contributed by atoms with Gasteiger partial charge in [0.05, 0.1) is 0 Å². The molecule has 1 fully saturated rings. The van der Waals surface area contributed by atoms with Crippen LogP contribution in [0.2, 0.25) is 0 Å². The number of benzene rings is 1. The SMILES string of the molecule is CC(C)[C@@H](C(=O)OC(C)(C)C)N1C(=O)[C@@H](NC(=O)Nc2ccc(Br)cc2)CC1C. The Labute approximate surface area is 180 Å². The molecule has 2 rings (SSSR count). The molecule has 29 heavy (non-hydrogen) atoms. The molecule has 1 heterocycles. The minimum absolute atomic E-state index is 0.119. The van der Waals surface area contributed by atoms with E-state index in [1.54, 1.807) is 37.8 Å². The molecule has 1 aliphatic rings. The van der Waals surface area contributed by atoms with Crippen LogP contribution in [0.4, 0.5) is 10.5 Å². The smallest absolute Gasteiger partial charge is 0.329 e. The van der Waals surface area contributed by atoms with Gasteiger partial charge in [-0.15, -0.1) is 0 Å². The molecule has 0 bridgehead atoms. The van der Waals surface area contributed by atoms with Gasteiger partial charge in [0, 0.05) is 16.2 Å². The largest absolute Gasteiger partial charge is 0.458 e. The van der Waals surface area contributed by atoms with Gasteiger partial charge in [-0.1, -0.05) is 29.8 Å². The van der Waals surface area contributed by atoms with Crippen molar-refractivity contribution in [2.75, 3.05) is 5.32 Å². The van der Waals surface area contributed by atoms with Crippen LogP contribution < -0.4 is 10.6 Å². The minimum atomic E-state index is -0.696. The van der Waals surface area contributed by atoms with Crippen molar-refractivity contribution in [3.8, 4) is 0 Å². The molecular weight excluding hydrogens is 438 g/mol. The van der Waals surface area contributed by atoms with E-state index in [0.717, 1.165) is 4.47 Å². The first-order valence-electron chi connectivity index (χ1n) is 9.77. The van der Waals surface area contributed by atoms with Crippen LogP contribution >= 0.6 is 15.9 Å². The van der Waals surface area contributed by atoms with Gasteiger partial charge in [0.2, 0.25) is 5.91 Å². The van der Waals surface area contributed by atoms with Gasteiger partial charge in [-0.3, -0.25) is 4.79 Å². The number of urea groups is 1. The van der Waals surface area contributed by atoms with Crippen LogP contribution in [-0.4, -0.2) is 46.5 Å². The fourth-order valence-corrected chi connectivity index (χ4v) is 3.68. The van der Waals surface area contributed by atoms with Crippen LogP contribution in [-0.2, 0) is 14.3 Å². The number of hydrogen-bond donors (Lipinski definition) is 2. The molecule has 0 saturated carbocycles. The first-order chi connectivity index (χ1) is 13.4. The molecule has 1 saturated heterocycles. The number of anilines is 1. The van der Waals surface area contributed by atoms with Crippen molar-refractivity contribution in [3.05, 3.63) is 28.7 Å². The van der Waals surface area contributed by atoms with E-state index < -0.39 is 29.7 Å². The number of carbonyl (C=O) groups is 3. The predicted octanol–water partition coefficient (Wildman–Crippen LogP) is 3.93. The van der Waals surface area contributed by atoms with Crippen molar-refractivity contribution in [1.29, 1.82) is 0 Å². The topological polar surface area (TPSA) is 87.7 Å². The summed E-state index contributed by atoms with van der Waals surface area (Å²) in [7, 11) is 0. The molecule has 7 nitrogen and oxygen atoms in total. The first-order valence-corrected chi connectivity index (χ1v) is 10.6. The third kappa shape index (κ3) is 6.19. The number of nitrogens with one attached hydrogen (secondary N) is 2. The quantitative estimate of drug-likeness (QED) is 0.642. The lowest BCUT2D eigenvalue weighted by Crippen LogP contribution is -2.52. The Bertz CT molecular complexity index is 758. The predicted molar refractivity (Wildman–Crippen MR) is 115 cm³/mol. The summed E-state index contributed by atoms with van der Waals surface area (Å²) < 4.78 is 6.44. The van der Waals surface area contributed by atoms with Gasteiger partial charge in [-0.25, -0.2) is 9.59 Å². The van der Waals surface area contributed by atoms with Crippen molar-refractivity contribution in [2.24, 2.45) is 5.92 Å². The van der Waals surface area contributed by atoms with Gasteiger partial charge in [0.15, 0.2) is 0 Å². The number of hydrogen-bond acceptors (Lipinski definition) is 4. The van der Waals surface area contributed by atoms with Gasteiger partial charge in [0.1, 0.15) is 17.7 Å². The highest BCUT2D eigenvalue weighted by Crippen LogP contribution is 2.27. The maximum Gasteiger partial charge on any atom is 0.329 e. The number of esters is 1. The fraction of sp³-hybridized carbons (Fsp3) is 0.571. The summed E-state index contributed by atoms with van der Waals surface area (Å²) in [6.45, 7) is 11.0. The third-order valence-corrected chi connectivity index (χ3v) is 5.12. The molecule has 3 atom stereocenters. The van der Waals surface area contributed by atoms with E-state index in [2.05, 4.69) is 26.6 Å². The maximum absolute atomic E-state index is 13.0. The average Bonchev–Trinajstić information content (AvgIpc) is 2.83. The van der Waals surface area contributed by atoms with Gasteiger partial charge in [-0.2, -0.15) is 0 Å². The molecule has 2 N–H and O–H groups in total. The lowest BCUT2D eigenvalue weighted by Gasteiger charge is -2.34. The van der Waals surface area contributed by atoms with Crippen LogP contribution in [0.3, 0.4) is 0 Å². The van der Waals surface area contributed by atoms with E-state index in [1.807, 2.05) is 32.9 Å². The van der Waals surface area contributed by atoms with E-state index in [1.165, 1.54) is 0 Å². The highest BCUT2D eigenvalue weighted by atomic mass is 79.9. The summed E-state index contributed by atoms with van der Waals surface area (Å²) in [6, 6.07) is 5.10. The number of rotatable bonds is 5. The summed E-state index contributed by atoms with van der Waals surface area (Å²) in [6.07, 6.45) is 0.429. The lowest BCUT2D eigenvalue weighted by molar-refractivity contribution is -0.167. The fourth-order valence-electron chi connectivity index (χ4n) is 3.41. The second kappa shape index (κ2) is 9.15. The molecule has 160 valence electrons. The molecule has 8 heteroatoms. The Kier molecular flexibility index (Phi) is 7.32. The average molecular weight is 468 g/mol. The molecule has 1 aliphatic heterocycles. The molecule has 0 aliphatic carbocycles. The second-order valence-corrected chi connectivity index (χ2v) is 9.63. The summed E-state index contributed by atoms with van der Waals surface area (Å²) >= 11 is 3.34. The zero-order valence-electron chi connectivity index (χ0n) is 17.8. The Hall–Kier alpha value is -2.09. The van der Waals surface area contributed by atoms with E-state index >= 15 is 0 Å². The van der Waals surface area contributed by atoms with Crippen molar-refractivity contribution < 1.29 is 19.1 Å². The van der Waals surface area contributed by atoms with E-state index in [4.69, 9.17) is 4.74 Å². The Morgan fingerprint density at radius 2 is 1.79 bits per heavy atom. The maximum atomic E-state index is 13.0. The van der Waals surface area contributed by atoms with E-state index in [9.17, 15) is 14.4 Å². The summed E-state index contributed by atoms with van der Waals surface area (Å²) in [5.74, 6) is -0.813. The number of halogens is 1.